The first-order valence-electron chi connectivity index (χ1n) is 14.1. The van der Waals surface area contributed by atoms with Crippen LogP contribution in [0.1, 0.15) is 44.7 Å². The molecule has 0 amide bonds. The SMILES string of the molecule is COc1ccc(C(=O)CC(Cc2ccccc2)C(=O)O)cc1.COc1ccc(C(=O)CC(Cc2ccccc2)C(=O)O)cc1. The van der Waals surface area contributed by atoms with Gasteiger partial charge in [-0.1, -0.05) is 60.7 Å². The van der Waals surface area contributed by atoms with Crippen LogP contribution >= 0.6 is 0 Å². The lowest BCUT2D eigenvalue weighted by Gasteiger charge is -2.12. The van der Waals surface area contributed by atoms with Crippen molar-refractivity contribution in [1.82, 2.24) is 0 Å². The maximum atomic E-state index is 12.2. The highest BCUT2D eigenvalue weighted by Gasteiger charge is 2.23. The van der Waals surface area contributed by atoms with Crippen molar-refractivity contribution in [2.24, 2.45) is 11.8 Å². The Labute approximate surface area is 256 Å². The first-order chi connectivity index (χ1) is 21.2. The van der Waals surface area contributed by atoms with Gasteiger partial charge >= 0.3 is 11.9 Å². The number of hydrogen-bond acceptors (Lipinski definition) is 6. The Morgan fingerprint density at radius 2 is 0.841 bits per heavy atom. The lowest BCUT2D eigenvalue weighted by Crippen LogP contribution is -2.20. The van der Waals surface area contributed by atoms with Crippen LogP contribution < -0.4 is 9.47 Å². The molecule has 4 rings (SSSR count). The number of benzene rings is 4. The number of carbonyl (C=O) groups excluding carboxylic acids is 2. The number of carboxylic acids is 2. The van der Waals surface area contributed by atoms with Crippen molar-refractivity contribution in [2.45, 2.75) is 25.7 Å². The molecular formula is C36H36O8. The molecule has 0 aliphatic carbocycles. The maximum Gasteiger partial charge on any atom is 0.307 e. The standard InChI is InChI=1S/2C18H18O4/c2*1-22-16-9-7-14(8-10-16)17(19)12-15(18(20)21)11-13-5-3-2-4-6-13/h2*2-10,15H,11-12H2,1H3,(H,20,21). The molecule has 2 atom stereocenters. The van der Waals surface area contributed by atoms with E-state index >= 15 is 0 Å². The molecule has 44 heavy (non-hydrogen) atoms. The zero-order valence-electron chi connectivity index (χ0n) is 24.7. The second kappa shape index (κ2) is 17.0. The summed E-state index contributed by atoms with van der Waals surface area (Å²) in [5.74, 6) is -2.38. The van der Waals surface area contributed by atoms with E-state index in [0.29, 0.717) is 35.5 Å². The summed E-state index contributed by atoms with van der Waals surface area (Å²) in [6.07, 6.45) is 0.656. The predicted octanol–water partition coefficient (Wildman–Crippen LogP) is 6.42. The summed E-state index contributed by atoms with van der Waals surface area (Å²) < 4.78 is 10.1. The number of hydrogen-bond donors (Lipinski definition) is 2. The third-order valence-electron chi connectivity index (χ3n) is 7.04. The van der Waals surface area contributed by atoms with Gasteiger partial charge in [0.1, 0.15) is 11.5 Å². The molecule has 228 valence electrons. The predicted molar refractivity (Wildman–Crippen MR) is 166 cm³/mol. The Balaban J connectivity index is 0.000000240. The van der Waals surface area contributed by atoms with Crippen molar-refractivity contribution in [3.8, 4) is 11.5 Å². The lowest BCUT2D eigenvalue weighted by molar-refractivity contribution is -0.142. The van der Waals surface area contributed by atoms with Gasteiger partial charge in [-0.05, 0) is 72.5 Å². The molecule has 0 fully saturated rings. The van der Waals surface area contributed by atoms with Gasteiger partial charge in [0.05, 0.1) is 26.1 Å². The topological polar surface area (TPSA) is 127 Å². The smallest absolute Gasteiger partial charge is 0.307 e. The van der Waals surface area contributed by atoms with Gasteiger partial charge in [0, 0.05) is 24.0 Å². The van der Waals surface area contributed by atoms with Crippen LogP contribution in [-0.2, 0) is 22.4 Å². The van der Waals surface area contributed by atoms with Crippen molar-refractivity contribution in [3.05, 3.63) is 131 Å². The lowest BCUT2D eigenvalue weighted by atomic mass is 9.92. The van der Waals surface area contributed by atoms with Crippen LogP contribution in [0, 0.1) is 11.8 Å². The van der Waals surface area contributed by atoms with Crippen molar-refractivity contribution < 1.29 is 38.9 Å². The Hall–Kier alpha value is -5.24. The molecule has 2 N–H and O–H groups in total. The molecule has 2 unspecified atom stereocenters. The number of aliphatic carboxylic acids is 2. The second-order valence-electron chi connectivity index (χ2n) is 10.2. The monoisotopic (exact) mass is 596 g/mol. The average Bonchev–Trinajstić information content (AvgIpc) is 3.05. The molecule has 0 aliphatic rings. The van der Waals surface area contributed by atoms with Crippen LogP contribution in [0.2, 0.25) is 0 Å². The summed E-state index contributed by atoms with van der Waals surface area (Å²) in [5.41, 5.74) is 2.83. The number of carboxylic acid groups (broad SMARTS) is 2. The van der Waals surface area contributed by atoms with Gasteiger partial charge in [-0.3, -0.25) is 19.2 Å². The zero-order chi connectivity index (χ0) is 31.9. The van der Waals surface area contributed by atoms with E-state index in [-0.39, 0.29) is 24.4 Å². The summed E-state index contributed by atoms with van der Waals surface area (Å²) in [7, 11) is 3.11. The highest BCUT2D eigenvalue weighted by Crippen LogP contribution is 2.20. The van der Waals surface area contributed by atoms with Gasteiger partial charge in [-0.15, -0.1) is 0 Å². The van der Waals surface area contributed by atoms with Gasteiger partial charge in [0.25, 0.3) is 0 Å². The van der Waals surface area contributed by atoms with Gasteiger partial charge in [-0.2, -0.15) is 0 Å². The van der Waals surface area contributed by atoms with Gasteiger partial charge in [0.15, 0.2) is 11.6 Å². The number of carbonyl (C=O) groups is 4. The van der Waals surface area contributed by atoms with E-state index in [1.807, 2.05) is 60.7 Å². The van der Waals surface area contributed by atoms with E-state index in [0.717, 1.165) is 11.1 Å². The zero-order valence-corrected chi connectivity index (χ0v) is 24.7. The largest absolute Gasteiger partial charge is 0.497 e. The van der Waals surface area contributed by atoms with E-state index in [1.165, 1.54) is 0 Å². The van der Waals surface area contributed by atoms with E-state index in [9.17, 15) is 29.4 Å². The van der Waals surface area contributed by atoms with Crippen LogP contribution in [0.3, 0.4) is 0 Å². The highest BCUT2D eigenvalue weighted by molar-refractivity contribution is 5.98. The van der Waals surface area contributed by atoms with E-state index in [4.69, 9.17) is 9.47 Å². The second-order valence-corrected chi connectivity index (χ2v) is 10.2. The molecular weight excluding hydrogens is 560 g/mol. The molecule has 0 spiro atoms. The van der Waals surface area contributed by atoms with Crippen LogP contribution in [0.4, 0.5) is 0 Å². The number of methoxy groups -OCH3 is 2. The van der Waals surface area contributed by atoms with Crippen molar-refractivity contribution in [1.29, 1.82) is 0 Å². The summed E-state index contributed by atoms with van der Waals surface area (Å²) in [5, 5.41) is 18.7. The minimum absolute atomic E-state index is 0.0173. The van der Waals surface area contributed by atoms with Crippen molar-refractivity contribution in [3.63, 3.8) is 0 Å². The minimum atomic E-state index is -0.953. The van der Waals surface area contributed by atoms with E-state index < -0.39 is 23.8 Å². The molecule has 0 radical (unpaired) electrons. The third kappa shape index (κ3) is 10.5. The molecule has 0 heterocycles. The molecule has 4 aromatic carbocycles. The summed E-state index contributed by atoms with van der Waals surface area (Å²) in [4.78, 5) is 47.3. The first kappa shape index (κ1) is 33.3. The van der Waals surface area contributed by atoms with E-state index in [2.05, 4.69) is 0 Å². The molecule has 0 saturated heterocycles. The molecule has 0 saturated carbocycles. The molecule has 8 nitrogen and oxygen atoms in total. The summed E-state index contributed by atoms with van der Waals surface area (Å²) >= 11 is 0. The number of rotatable bonds is 14. The van der Waals surface area contributed by atoms with E-state index in [1.54, 1.807) is 62.8 Å². The quantitative estimate of drug-likeness (QED) is 0.160. The fourth-order valence-corrected chi connectivity index (χ4v) is 4.53. The van der Waals surface area contributed by atoms with Crippen LogP contribution in [0.5, 0.6) is 11.5 Å². The normalized spacial score (nSPS) is 11.7. The van der Waals surface area contributed by atoms with Gasteiger partial charge < -0.3 is 19.7 Å². The molecule has 0 bridgehead atoms. The summed E-state index contributed by atoms with van der Waals surface area (Å²) in [6, 6.07) is 32.1. The van der Waals surface area contributed by atoms with Crippen molar-refractivity contribution in [2.75, 3.05) is 14.2 Å². The first-order valence-corrected chi connectivity index (χ1v) is 14.1. The Morgan fingerprint density at radius 1 is 0.523 bits per heavy atom. The Kier molecular flexibility index (Phi) is 12.9. The Morgan fingerprint density at radius 3 is 1.11 bits per heavy atom. The van der Waals surface area contributed by atoms with Crippen LogP contribution in [0.15, 0.2) is 109 Å². The number of Topliss-reactive ketones (excluding diaryl/α,β-unsaturated/α-hetero) is 2. The number of ether oxygens (including phenoxy) is 2. The highest BCUT2D eigenvalue weighted by atomic mass is 16.5. The van der Waals surface area contributed by atoms with Crippen LogP contribution in [-0.4, -0.2) is 47.9 Å². The van der Waals surface area contributed by atoms with Crippen LogP contribution in [0.25, 0.3) is 0 Å². The molecule has 8 heteroatoms. The Bertz CT molecular complexity index is 1380. The number of ketones is 2. The third-order valence-corrected chi connectivity index (χ3v) is 7.04. The summed E-state index contributed by atoms with van der Waals surface area (Å²) in [6.45, 7) is 0. The van der Waals surface area contributed by atoms with Gasteiger partial charge in [-0.25, -0.2) is 0 Å². The molecule has 4 aromatic rings. The van der Waals surface area contributed by atoms with Gasteiger partial charge in [0.2, 0.25) is 0 Å². The molecule has 0 aromatic heterocycles. The average molecular weight is 597 g/mol. The molecule has 0 aliphatic heterocycles. The minimum Gasteiger partial charge on any atom is -0.497 e. The van der Waals surface area contributed by atoms with Crippen molar-refractivity contribution >= 4 is 23.5 Å². The fourth-order valence-electron chi connectivity index (χ4n) is 4.53. The maximum absolute atomic E-state index is 12.2. The fraction of sp³-hybridized carbons (Fsp3) is 0.222.